The molecular formula is C18H25NO6. The number of benzene rings is 1. The highest BCUT2D eigenvalue weighted by atomic mass is 16.6. The molecular weight excluding hydrogens is 326 g/mol. The molecule has 0 aliphatic rings. The molecule has 1 aromatic rings. The summed E-state index contributed by atoms with van der Waals surface area (Å²) >= 11 is 0. The summed E-state index contributed by atoms with van der Waals surface area (Å²) in [5.41, 5.74) is 0.245. The van der Waals surface area contributed by atoms with Crippen molar-refractivity contribution in [1.82, 2.24) is 5.32 Å². The van der Waals surface area contributed by atoms with Crippen molar-refractivity contribution >= 4 is 17.8 Å². The van der Waals surface area contributed by atoms with E-state index in [4.69, 9.17) is 9.47 Å². The van der Waals surface area contributed by atoms with Gasteiger partial charge in [-0.1, -0.05) is 30.3 Å². The summed E-state index contributed by atoms with van der Waals surface area (Å²) in [6, 6.07) is 8.25. The summed E-state index contributed by atoms with van der Waals surface area (Å²) in [4.78, 5) is 35.6. The Bertz CT molecular complexity index is 579. The van der Waals surface area contributed by atoms with Crippen LogP contribution in [-0.4, -0.2) is 43.2 Å². The normalized spacial score (nSPS) is 12.2. The molecule has 1 atom stereocenters. The fraction of sp³-hybridized carbons (Fsp3) is 0.500. The molecule has 0 saturated carbocycles. The highest BCUT2D eigenvalue weighted by molar-refractivity contribution is 5.88. The molecule has 1 rings (SSSR count). The smallest absolute Gasteiger partial charge is 0.328 e. The van der Waals surface area contributed by atoms with Gasteiger partial charge in [0.2, 0.25) is 5.91 Å². The number of hydrogen-bond donors (Lipinski definition) is 1. The van der Waals surface area contributed by atoms with E-state index >= 15 is 0 Å². The maximum atomic E-state index is 11.9. The van der Waals surface area contributed by atoms with Crippen LogP contribution in [0.2, 0.25) is 0 Å². The molecule has 0 aliphatic carbocycles. The molecule has 138 valence electrons. The van der Waals surface area contributed by atoms with Crippen molar-refractivity contribution in [2.24, 2.45) is 0 Å². The van der Waals surface area contributed by atoms with Gasteiger partial charge in [0.1, 0.15) is 18.2 Å². The van der Waals surface area contributed by atoms with Crippen molar-refractivity contribution in [1.29, 1.82) is 0 Å². The van der Waals surface area contributed by atoms with Crippen LogP contribution < -0.4 is 5.32 Å². The fourth-order valence-electron chi connectivity index (χ4n) is 1.96. The van der Waals surface area contributed by atoms with Crippen LogP contribution >= 0.6 is 0 Å². The quantitative estimate of drug-likeness (QED) is 0.715. The fourth-order valence-corrected chi connectivity index (χ4v) is 1.96. The van der Waals surface area contributed by atoms with E-state index < -0.39 is 29.5 Å². The minimum atomic E-state index is -1.12. The highest BCUT2D eigenvalue weighted by Crippen LogP contribution is 2.10. The van der Waals surface area contributed by atoms with Gasteiger partial charge in [0, 0.05) is 0 Å². The number of nitrogens with one attached hydrogen (secondary N) is 1. The number of methoxy groups -OCH3 is 1. The Morgan fingerprint density at radius 3 is 2.32 bits per heavy atom. The van der Waals surface area contributed by atoms with Gasteiger partial charge in [-0.05, 0) is 26.3 Å². The lowest BCUT2D eigenvalue weighted by molar-refractivity contribution is -0.159. The van der Waals surface area contributed by atoms with Gasteiger partial charge in [-0.3, -0.25) is 9.59 Å². The van der Waals surface area contributed by atoms with Crippen LogP contribution in [0.5, 0.6) is 0 Å². The average molecular weight is 351 g/mol. The summed E-state index contributed by atoms with van der Waals surface area (Å²) in [7, 11) is 1.18. The summed E-state index contributed by atoms with van der Waals surface area (Å²) in [5.74, 6) is -1.84. The van der Waals surface area contributed by atoms with Gasteiger partial charge in [-0.2, -0.15) is 0 Å². The monoisotopic (exact) mass is 351 g/mol. The lowest BCUT2D eigenvalue weighted by Gasteiger charge is -2.22. The third kappa shape index (κ3) is 8.85. The Labute approximate surface area is 147 Å². The van der Waals surface area contributed by atoms with Crippen molar-refractivity contribution in [3.63, 3.8) is 0 Å². The number of esters is 2. The Kier molecular flexibility index (Phi) is 8.07. The molecule has 1 aromatic carbocycles. The van der Waals surface area contributed by atoms with E-state index in [9.17, 15) is 14.4 Å². The minimum absolute atomic E-state index is 0.239. The van der Waals surface area contributed by atoms with Crippen LogP contribution in [0.25, 0.3) is 0 Å². The first kappa shape index (κ1) is 20.6. The van der Waals surface area contributed by atoms with E-state index in [0.29, 0.717) is 0 Å². The second-order valence-corrected chi connectivity index (χ2v) is 6.41. The molecule has 25 heavy (non-hydrogen) atoms. The summed E-state index contributed by atoms with van der Waals surface area (Å²) in [6.45, 7) is 5.18. The standard InChI is InChI=1S/C18H25NO6/c1-18(2,3)25-16(21)10-14(17(22)23-4)19-15(20)12-24-11-13-8-6-5-7-9-13/h5-9,14H,10-12H2,1-4H3,(H,19,20)/t14-/m1/s1. The second-order valence-electron chi connectivity index (χ2n) is 6.41. The molecule has 1 amide bonds. The molecule has 7 nitrogen and oxygen atoms in total. The molecule has 0 fully saturated rings. The van der Waals surface area contributed by atoms with E-state index in [1.807, 2.05) is 30.3 Å². The largest absolute Gasteiger partial charge is 0.467 e. The van der Waals surface area contributed by atoms with Crippen molar-refractivity contribution < 1.29 is 28.6 Å². The maximum absolute atomic E-state index is 11.9. The number of hydrogen-bond acceptors (Lipinski definition) is 6. The number of rotatable bonds is 8. The van der Waals surface area contributed by atoms with Gasteiger partial charge >= 0.3 is 11.9 Å². The topological polar surface area (TPSA) is 90.9 Å². The average Bonchev–Trinajstić information content (AvgIpc) is 2.52. The first-order valence-corrected chi connectivity index (χ1v) is 7.92. The van der Waals surface area contributed by atoms with Gasteiger partial charge in [-0.15, -0.1) is 0 Å². The van der Waals surface area contributed by atoms with Crippen molar-refractivity contribution in [2.45, 2.75) is 45.4 Å². The summed E-state index contributed by atoms with van der Waals surface area (Å²) in [6.07, 6.45) is -0.311. The predicted molar refractivity (Wildman–Crippen MR) is 90.5 cm³/mol. The molecule has 0 bridgehead atoms. The molecule has 0 heterocycles. The van der Waals surface area contributed by atoms with Crippen LogP contribution in [0.1, 0.15) is 32.8 Å². The molecule has 7 heteroatoms. The van der Waals surface area contributed by atoms with E-state index in [-0.39, 0.29) is 19.6 Å². The molecule has 0 spiro atoms. The van der Waals surface area contributed by atoms with E-state index in [1.165, 1.54) is 7.11 Å². The molecule has 0 radical (unpaired) electrons. The van der Waals surface area contributed by atoms with Gasteiger partial charge in [0.05, 0.1) is 20.1 Å². The first-order valence-electron chi connectivity index (χ1n) is 7.92. The van der Waals surface area contributed by atoms with Crippen LogP contribution in [0.15, 0.2) is 30.3 Å². The van der Waals surface area contributed by atoms with Crippen molar-refractivity contribution in [3.8, 4) is 0 Å². The highest BCUT2D eigenvalue weighted by Gasteiger charge is 2.27. The third-order valence-corrected chi connectivity index (χ3v) is 2.96. The first-order chi connectivity index (χ1) is 11.7. The molecule has 0 saturated heterocycles. The Balaban J connectivity index is 2.49. The number of ether oxygens (including phenoxy) is 3. The van der Waals surface area contributed by atoms with Crippen molar-refractivity contribution in [3.05, 3.63) is 35.9 Å². The zero-order valence-corrected chi connectivity index (χ0v) is 15.0. The van der Waals surface area contributed by atoms with Crippen molar-refractivity contribution in [2.75, 3.05) is 13.7 Å². The third-order valence-electron chi connectivity index (χ3n) is 2.96. The van der Waals surface area contributed by atoms with E-state index in [2.05, 4.69) is 10.1 Å². The Morgan fingerprint density at radius 2 is 1.76 bits per heavy atom. The zero-order valence-electron chi connectivity index (χ0n) is 15.0. The summed E-state index contributed by atoms with van der Waals surface area (Å²) < 4.78 is 15.1. The minimum Gasteiger partial charge on any atom is -0.467 e. The maximum Gasteiger partial charge on any atom is 0.328 e. The summed E-state index contributed by atoms with van der Waals surface area (Å²) in [5, 5.41) is 2.43. The molecule has 0 aliphatic heterocycles. The number of carbonyl (C=O) groups excluding carboxylic acids is 3. The Morgan fingerprint density at radius 1 is 1.12 bits per heavy atom. The zero-order chi connectivity index (χ0) is 18.9. The lowest BCUT2D eigenvalue weighted by atomic mass is 10.1. The van der Waals surface area contributed by atoms with Crippen LogP contribution in [0.4, 0.5) is 0 Å². The van der Waals surface area contributed by atoms with Gasteiger partial charge in [0.15, 0.2) is 0 Å². The van der Waals surface area contributed by atoms with Crippen LogP contribution in [0.3, 0.4) is 0 Å². The lowest BCUT2D eigenvalue weighted by Crippen LogP contribution is -2.45. The second kappa shape index (κ2) is 9.78. The Hall–Kier alpha value is -2.41. The predicted octanol–water partition coefficient (Wildman–Crippen LogP) is 1.59. The molecule has 1 N–H and O–H groups in total. The van der Waals surface area contributed by atoms with E-state index in [1.54, 1.807) is 20.8 Å². The van der Waals surface area contributed by atoms with E-state index in [0.717, 1.165) is 5.56 Å². The molecule has 0 aromatic heterocycles. The van der Waals surface area contributed by atoms with Gasteiger partial charge in [-0.25, -0.2) is 4.79 Å². The molecule has 0 unspecified atom stereocenters. The SMILES string of the molecule is COC(=O)[C@@H](CC(=O)OC(C)(C)C)NC(=O)COCc1ccccc1. The van der Waals surface area contributed by atoms with Gasteiger partial charge in [0.25, 0.3) is 0 Å². The van der Waals surface area contributed by atoms with Gasteiger partial charge < -0.3 is 19.5 Å². The number of carbonyl (C=O) groups is 3. The van der Waals surface area contributed by atoms with Crippen LogP contribution in [0, 0.1) is 0 Å². The van der Waals surface area contributed by atoms with Crippen LogP contribution in [-0.2, 0) is 35.2 Å². The number of amides is 1.